The Labute approximate surface area is 108 Å². The van der Waals surface area contributed by atoms with Crippen LogP contribution >= 0.6 is 0 Å². The van der Waals surface area contributed by atoms with Crippen LogP contribution in [0.2, 0.25) is 0 Å². The van der Waals surface area contributed by atoms with Gasteiger partial charge in [0.05, 0.1) is 12.6 Å². The van der Waals surface area contributed by atoms with Crippen molar-refractivity contribution in [1.82, 2.24) is 4.90 Å². The number of carbonyl (C=O) groups excluding carboxylic acids is 1. The number of amides is 1. The second-order valence-electron chi connectivity index (χ2n) is 3.94. The van der Waals surface area contributed by atoms with Gasteiger partial charge in [0.1, 0.15) is 12.4 Å². The molecule has 0 fully saturated rings. The van der Waals surface area contributed by atoms with Crippen molar-refractivity contribution in [2.75, 3.05) is 20.2 Å². The van der Waals surface area contributed by atoms with Crippen molar-refractivity contribution in [1.29, 1.82) is 0 Å². The molecule has 0 radical (unpaired) electrons. The van der Waals surface area contributed by atoms with Gasteiger partial charge < -0.3 is 15.4 Å². The van der Waals surface area contributed by atoms with Crippen LogP contribution in [0.3, 0.4) is 0 Å². The quantitative estimate of drug-likeness (QED) is 0.758. The maximum absolute atomic E-state index is 11.7. The molecule has 0 aliphatic carbocycles. The van der Waals surface area contributed by atoms with Gasteiger partial charge in [0.2, 0.25) is 5.91 Å². The largest absolute Gasteiger partial charge is 0.492 e. The van der Waals surface area contributed by atoms with E-state index in [4.69, 9.17) is 16.9 Å². The van der Waals surface area contributed by atoms with Crippen molar-refractivity contribution < 1.29 is 9.53 Å². The number of benzene rings is 1. The van der Waals surface area contributed by atoms with Crippen molar-refractivity contribution in [3.8, 4) is 18.1 Å². The van der Waals surface area contributed by atoms with E-state index >= 15 is 0 Å². The first kappa shape index (κ1) is 14.1. The molecule has 0 heterocycles. The average molecular weight is 246 g/mol. The van der Waals surface area contributed by atoms with E-state index < -0.39 is 6.04 Å². The molecule has 0 bridgehead atoms. The molecule has 4 heteroatoms. The minimum absolute atomic E-state index is 0.162. The van der Waals surface area contributed by atoms with Crippen LogP contribution in [0.15, 0.2) is 30.3 Å². The second-order valence-corrected chi connectivity index (χ2v) is 3.94. The Hall–Kier alpha value is -1.99. The maximum Gasteiger partial charge on any atom is 0.240 e. The van der Waals surface area contributed by atoms with E-state index in [1.54, 1.807) is 7.05 Å². The monoisotopic (exact) mass is 246 g/mol. The third-order valence-corrected chi connectivity index (χ3v) is 2.47. The summed E-state index contributed by atoms with van der Waals surface area (Å²) >= 11 is 0. The number of carbonyl (C=O) groups is 1. The SMILES string of the molecule is C#CCC(N)C(=O)N(C)CCOc1ccccc1. The zero-order valence-electron chi connectivity index (χ0n) is 10.5. The van der Waals surface area contributed by atoms with E-state index in [9.17, 15) is 4.79 Å². The van der Waals surface area contributed by atoms with Crippen molar-refractivity contribution in [3.63, 3.8) is 0 Å². The summed E-state index contributed by atoms with van der Waals surface area (Å²) in [6.07, 6.45) is 5.37. The van der Waals surface area contributed by atoms with Gasteiger partial charge in [-0.1, -0.05) is 18.2 Å². The summed E-state index contributed by atoms with van der Waals surface area (Å²) in [7, 11) is 1.69. The van der Waals surface area contributed by atoms with Crippen molar-refractivity contribution in [2.45, 2.75) is 12.5 Å². The fraction of sp³-hybridized carbons (Fsp3) is 0.357. The highest BCUT2D eigenvalue weighted by Gasteiger charge is 2.16. The van der Waals surface area contributed by atoms with E-state index in [0.717, 1.165) is 5.75 Å². The molecule has 18 heavy (non-hydrogen) atoms. The van der Waals surface area contributed by atoms with Crippen LogP contribution in [0.5, 0.6) is 5.75 Å². The minimum Gasteiger partial charge on any atom is -0.492 e. The predicted octanol–water partition coefficient (Wildman–Crippen LogP) is 0.874. The molecule has 96 valence electrons. The number of terminal acetylenes is 1. The van der Waals surface area contributed by atoms with Gasteiger partial charge in [-0.15, -0.1) is 12.3 Å². The Balaban J connectivity index is 2.31. The zero-order chi connectivity index (χ0) is 13.4. The van der Waals surface area contributed by atoms with Crippen LogP contribution in [0.4, 0.5) is 0 Å². The van der Waals surface area contributed by atoms with Gasteiger partial charge >= 0.3 is 0 Å². The Morgan fingerprint density at radius 3 is 2.78 bits per heavy atom. The summed E-state index contributed by atoms with van der Waals surface area (Å²) in [5.41, 5.74) is 5.64. The third-order valence-electron chi connectivity index (χ3n) is 2.47. The van der Waals surface area contributed by atoms with Crippen LogP contribution < -0.4 is 10.5 Å². The number of nitrogens with two attached hydrogens (primary N) is 1. The first-order chi connectivity index (χ1) is 8.65. The van der Waals surface area contributed by atoms with E-state index in [1.165, 1.54) is 4.90 Å². The minimum atomic E-state index is -0.628. The number of nitrogens with zero attached hydrogens (tertiary/aromatic N) is 1. The molecule has 1 aromatic carbocycles. The van der Waals surface area contributed by atoms with E-state index in [2.05, 4.69) is 5.92 Å². The number of rotatable bonds is 6. The highest BCUT2D eigenvalue weighted by Crippen LogP contribution is 2.07. The van der Waals surface area contributed by atoms with Gasteiger partial charge in [-0.2, -0.15) is 0 Å². The Morgan fingerprint density at radius 2 is 2.17 bits per heavy atom. The van der Waals surface area contributed by atoms with Crippen LogP contribution in [0.25, 0.3) is 0 Å². The summed E-state index contributed by atoms with van der Waals surface area (Å²) < 4.78 is 5.49. The molecule has 0 aliphatic heterocycles. The highest BCUT2D eigenvalue weighted by atomic mass is 16.5. The zero-order valence-corrected chi connectivity index (χ0v) is 10.5. The van der Waals surface area contributed by atoms with Crippen LogP contribution in [0, 0.1) is 12.3 Å². The van der Waals surface area contributed by atoms with Gasteiger partial charge in [0.25, 0.3) is 0 Å². The van der Waals surface area contributed by atoms with Gasteiger partial charge in [-0.3, -0.25) is 4.79 Å². The number of para-hydroxylation sites is 1. The lowest BCUT2D eigenvalue weighted by molar-refractivity contribution is -0.131. The van der Waals surface area contributed by atoms with Crippen molar-refractivity contribution in [3.05, 3.63) is 30.3 Å². The first-order valence-electron chi connectivity index (χ1n) is 5.77. The van der Waals surface area contributed by atoms with E-state index in [-0.39, 0.29) is 12.3 Å². The number of hydrogen-bond donors (Lipinski definition) is 1. The Bertz CT molecular complexity index is 412. The molecule has 0 saturated heterocycles. The number of hydrogen-bond acceptors (Lipinski definition) is 3. The molecule has 4 nitrogen and oxygen atoms in total. The summed E-state index contributed by atoms with van der Waals surface area (Å²) in [4.78, 5) is 13.3. The second kappa shape index (κ2) is 7.36. The normalized spacial score (nSPS) is 11.4. The molecule has 0 aromatic heterocycles. The molecule has 1 aromatic rings. The molecule has 1 rings (SSSR count). The topological polar surface area (TPSA) is 55.6 Å². The molecular weight excluding hydrogens is 228 g/mol. The number of ether oxygens (including phenoxy) is 1. The summed E-state index contributed by atoms with van der Waals surface area (Å²) in [5.74, 6) is 3.00. The standard InChI is InChI=1S/C14H18N2O2/c1-3-7-13(15)14(17)16(2)10-11-18-12-8-5-4-6-9-12/h1,4-6,8-9,13H,7,10-11,15H2,2H3. The molecular formula is C14H18N2O2. The molecule has 0 aliphatic rings. The fourth-order valence-corrected chi connectivity index (χ4v) is 1.42. The van der Waals surface area contributed by atoms with Crippen LogP contribution in [-0.4, -0.2) is 37.0 Å². The smallest absolute Gasteiger partial charge is 0.240 e. The molecule has 0 spiro atoms. The van der Waals surface area contributed by atoms with Gasteiger partial charge in [-0.05, 0) is 12.1 Å². The van der Waals surface area contributed by atoms with E-state index in [0.29, 0.717) is 13.2 Å². The van der Waals surface area contributed by atoms with Crippen LogP contribution in [0.1, 0.15) is 6.42 Å². The van der Waals surface area contributed by atoms with Crippen LogP contribution in [-0.2, 0) is 4.79 Å². The van der Waals surface area contributed by atoms with Gasteiger partial charge in [0, 0.05) is 13.5 Å². The third kappa shape index (κ3) is 4.48. The summed E-state index contributed by atoms with van der Waals surface area (Å²) in [5, 5.41) is 0. The molecule has 0 saturated carbocycles. The molecule has 1 atom stereocenters. The summed E-state index contributed by atoms with van der Waals surface area (Å²) in [6.45, 7) is 0.904. The predicted molar refractivity (Wildman–Crippen MR) is 71.0 cm³/mol. The van der Waals surface area contributed by atoms with Crippen molar-refractivity contribution in [2.24, 2.45) is 5.73 Å². The lowest BCUT2D eigenvalue weighted by atomic mass is 10.2. The lowest BCUT2D eigenvalue weighted by Crippen LogP contribution is -2.43. The molecule has 1 unspecified atom stereocenters. The first-order valence-corrected chi connectivity index (χ1v) is 5.77. The average Bonchev–Trinajstić information content (AvgIpc) is 2.39. The van der Waals surface area contributed by atoms with Crippen molar-refractivity contribution >= 4 is 5.91 Å². The fourth-order valence-electron chi connectivity index (χ4n) is 1.42. The summed E-state index contributed by atoms with van der Waals surface area (Å²) in [6, 6.07) is 8.82. The van der Waals surface area contributed by atoms with E-state index in [1.807, 2.05) is 30.3 Å². The number of likely N-dealkylation sites (N-methyl/N-ethyl adjacent to an activating group) is 1. The highest BCUT2D eigenvalue weighted by molar-refractivity contribution is 5.81. The molecule has 1 amide bonds. The van der Waals surface area contributed by atoms with Gasteiger partial charge in [0.15, 0.2) is 0 Å². The molecule has 2 N–H and O–H groups in total. The lowest BCUT2D eigenvalue weighted by Gasteiger charge is -2.20. The van der Waals surface area contributed by atoms with Gasteiger partial charge in [-0.25, -0.2) is 0 Å². The Kier molecular flexibility index (Phi) is 5.75. The maximum atomic E-state index is 11.7. The Morgan fingerprint density at radius 1 is 1.50 bits per heavy atom.